The standard InChI is InChI=1S/C17H17N9O/c1-24-15(9-14(22-24)12-5-3-4-7-18-12)21-16(27)10-26-8-6-13(23-26)17-19-11-20-25(17)2/h3-9,11H,10H2,1-2H3,(H,21,27). The summed E-state index contributed by atoms with van der Waals surface area (Å²) in [5.41, 5.74) is 2.09. The molecule has 10 nitrogen and oxygen atoms in total. The highest BCUT2D eigenvalue weighted by molar-refractivity contribution is 5.90. The average molecular weight is 363 g/mol. The molecule has 0 aliphatic rings. The van der Waals surface area contributed by atoms with Crippen LogP contribution in [-0.4, -0.2) is 45.2 Å². The Bertz CT molecular complexity index is 1080. The van der Waals surface area contributed by atoms with Crippen LogP contribution in [0.5, 0.6) is 0 Å². The third-order valence-electron chi connectivity index (χ3n) is 3.96. The number of carbonyl (C=O) groups is 1. The summed E-state index contributed by atoms with van der Waals surface area (Å²) in [7, 11) is 3.55. The number of carbonyl (C=O) groups excluding carboxylic acids is 1. The Kier molecular flexibility index (Phi) is 4.21. The molecular formula is C17H17N9O. The summed E-state index contributed by atoms with van der Waals surface area (Å²) in [5, 5.41) is 15.6. The van der Waals surface area contributed by atoms with Gasteiger partial charge >= 0.3 is 0 Å². The molecule has 10 heteroatoms. The van der Waals surface area contributed by atoms with Crippen molar-refractivity contribution in [2.45, 2.75) is 6.54 Å². The maximum atomic E-state index is 12.4. The number of aryl methyl sites for hydroxylation is 2. The van der Waals surface area contributed by atoms with Gasteiger partial charge in [0.2, 0.25) is 5.91 Å². The quantitative estimate of drug-likeness (QED) is 0.569. The molecule has 1 N–H and O–H groups in total. The maximum Gasteiger partial charge on any atom is 0.247 e. The Morgan fingerprint density at radius 2 is 1.93 bits per heavy atom. The second kappa shape index (κ2) is 6.83. The fourth-order valence-electron chi connectivity index (χ4n) is 2.65. The molecule has 0 atom stereocenters. The molecule has 0 bridgehead atoms. The first-order valence-electron chi connectivity index (χ1n) is 8.23. The second-order valence-electron chi connectivity index (χ2n) is 5.91. The van der Waals surface area contributed by atoms with E-state index < -0.39 is 0 Å². The van der Waals surface area contributed by atoms with Crippen molar-refractivity contribution in [3.63, 3.8) is 0 Å². The molecule has 0 spiro atoms. The van der Waals surface area contributed by atoms with Crippen molar-refractivity contribution in [1.82, 2.24) is 39.3 Å². The molecule has 4 aromatic rings. The van der Waals surface area contributed by atoms with E-state index in [4.69, 9.17) is 0 Å². The van der Waals surface area contributed by atoms with Crippen molar-refractivity contribution in [2.75, 3.05) is 5.32 Å². The van der Waals surface area contributed by atoms with Gasteiger partial charge in [-0.3, -0.25) is 19.1 Å². The van der Waals surface area contributed by atoms with E-state index >= 15 is 0 Å². The first kappa shape index (κ1) is 16.6. The molecule has 136 valence electrons. The summed E-state index contributed by atoms with van der Waals surface area (Å²) in [6, 6.07) is 9.18. The van der Waals surface area contributed by atoms with Crippen LogP contribution in [0.3, 0.4) is 0 Å². The van der Waals surface area contributed by atoms with Crippen LogP contribution in [0.15, 0.2) is 49.1 Å². The molecule has 0 saturated carbocycles. The highest BCUT2D eigenvalue weighted by Crippen LogP contribution is 2.19. The number of hydrogen-bond donors (Lipinski definition) is 1. The minimum absolute atomic E-state index is 0.0714. The van der Waals surface area contributed by atoms with Gasteiger partial charge in [0.1, 0.15) is 30.1 Å². The van der Waals surface area contributed by atoms with Crippen molar-refractivity contribution in [3.8, 4) is 22.9 Å². The predicted octanol–water partition coefficient (Wildman–Crippen LogP) is 1.11. The number of nitrogens with zero attached hydrogens (tertiary/aromatic N) is 8. The van der Waals surface area contributed by atoms with Crippen LogP contribution >= 0.6 is 0 Å². The van der Waals surface area contributed by atoms with Gasteiger partial charge in [0.25, 0.3) is 0 Å². The van der Waals surface area contributed by atoms with Gasteiger partial charge in [-0.25, -0.2) is 9.67 Å². The lowest BCUT2D eigenvalue weighted by atomic mass is 10.3. The van der Waals surface area contributed by atoms with Crippen molar-refractivity contribution in [1.29, 1.82) is 0 Å². The number of nitrogens with one attached hydrogen (secondary N) is 1. The van der Waals surface area contributed by atoms with E-state index in [9.17, 15) is 4.79 Å². The molecule has 27 heavy (non-hydrogen) atoms. The summed E-state index contributed by atoms with van der Waals surface area (Å²) in [6.07, 6.45) is 4.89. The summed E-state index contributed by atoms with van der Waals surface area (Å²) in [4.78, 5) is 20.8. The Labute approximate surface area is 154 Å². The van der Waals surface area contributed by atoms with E-state index in [1.807, 2.05) is 18.2 Å². The van der Waals surface area contributed by atoms with Crippen LogP contribution in [-0.2, 0) is 25.4 Å². The zero-order valence-electron chi connectivity index (χ0n) is 14.8. The third kappa shape index (κ3) is 3.45. The average Bonchev–Trinajstić information content (AvgIpc) is 3.37. The minimum Gasteiger partial charge on any atom is -0.309 e. The van der Waals surface area contributed by atoms with Crippen LogP contribution in [0.2, 0.25) is 0 Å². The molecule has 4 aromatic heterocycles. The number of amides is 1. The van der Waals surface area contributed by atoms with Gasteiger partial charge in [-0.05, 0) is 18.2 Å². The monoisotopic (exact) mass is 363 g/mol. The molecule has 0 unspecified atom stereocenters. The highest BCUT2D eigenvalue weighted by Gasteiger charge is 2.13. The molecule has 0 fully saturated rings. The van der Waals surface area contributed by atoms with Gasteiger partial charge in [-0.1, -0.05) is 6.07 Å². The molecule has 1 amide bonds. The van der Waals surface area contributed by atoms with E-state index in [2.05, 4.69) is 30.6 Å². The lowest BCUT2D eigenvalue weighted by Crippen LogP contribution is -2.20. The molecule has 0 aliphatic carbocycles. The highest BCUT2D eigenvalue weighted by atomic mass is 16.2. The summed E-state index contributed by atoms with van der Waals surface area (Å²) < 4.78 is 4.78. The predicted molar refractivity (Wildman–Crippen MR) is 97.3 cm³/mol. The van der Waals surface area contributed by atoms with E-state index in [1.165, 1.54) is 6.33 Å². The fraction of sp³-hybridized carbons (Fsp3) is 0.176. The van der Waals surface area contributed by atoms with E-state index in [0.29, 0.717) is 23.0 Å². The third-order valence-corrected chi connectivity index (χ3v) is 3.96. The first-order valence-corrected chi connectivity index (χ1v) is 8.23. The Morgan fingerprint density at radius 1 is 1.04 bits per heavy atom. The van der Waals surface area contributed by atoms with Crippen LogP contribution in [0.1, 0.15) is 0 Å². The Morgan fingerprint density at radius 3 is 2.67 bits per heavy atom. The second-order valence-corrected chi connectivity index (χ2v) is 5.91. The molecule has 4 heterocycles. The zero-order chi connectivity index (χ0) is 18.8. The number of aromatic nitrogens is 8. The summed E-state index contributed by atoms with van der Waals surface area (Å²) in [6.45, 7) is 0.0714. The summed E-state index contributed by atoms with van der Waals surface area (Å²) in [5.74, 6) is 1.01. The number of rotatable bonds is 5. The lowest BCUT2D eigenvalue weighted by Gasteiger charge is -2.05. The van der Waals surface area contributed by atoms with E-state index in [0.717, 1.165) is 5.69 Å². The van der Waals surface area contributed by atoms with Gasteiger partial charge in [0.15, 0.2) is 5.82 Å². The molecule has 4 rings (SSSR count). The van der Waals surface area contributed by atoms with Crippen LogP contribution in [0.25, 0.3) is 22.9 Å². The number of anilines is 1. The van der Waals surface area contributed by atoms with Crippen molar-refractivity contribution in [3.05, 3.63) is 49.1 Å². The van der Waals surface area contributed by atoms with Crippen LogP contribution in [0.4, 0.5) is 5.82 Å². The fourth-order valence-corrected chi connectivity index (χ4v) is 2.65. The summed E-state index contributed by atoms with van der Waals surface area (Å²) >= 11 is 0. The van der Waals surface area contributed by atoms with Gasteiger partial charge in [0, 0.05) is 32.6 Å². The number of pyridine rings is 1. The number of hydrogen-bond acceptors (Lipinski definition) is 6. The van der Waals surface area contributed by atoms with Crippen molar-refractivity contribution >= 4 is 11.7 Å². The lowest BCUT2D eigenvalue weighted by molar-refractivity contribution is -0.116. The van der Waals surface area contributed by atoms with Crippen LogP contribution < -0.4 is 5.32 Å². The largest absolute Gasteiger partial charge is 0.309 e. The van der Waals surface area contributed by atoms with E-state index in [-0.39, 0.29) is 12.5 Å². The SMILES string of the molecule is Cn1nc(-c2ccccn2)cc1NC(=O)Cn1ccc(-c2ncnn2C)n1. The molecule has 0 aromatic carbocycles. The topological polar surface area (TPSA) is 108 Å². The smallest absolute Gasteiger partial charge is 0.247 e. The van der Waals surface area contributed by atoms with Crippen molar-refractivity contribution in [2.24, 2.45) is 14.1 Å². The first-order chi connectivity index (χ1) is 13.1. The molecular weight excluding hydrogens is 346 g/mol. The van der Waals surface area contributed by atoms with Gasteiger partial charge in [-0.15, -0.1) is 0 Å². The van der Waals surface area contributed by atoms with E-state index in [1.54, 1.807) is 52.7 Å². The molecule has 0 radical (unpaired) electrons. The Hall–Kier alpha value is -3.82. The van der Waals surface area contributed by atoms with Crippen LogP contribution in [0, 0.1) is 0 Å². The Balaban J connectivity index is 1.45. The molecule has 0 saturated heterocycles. The minimum atomic E-state index is -0.210. The van der Waals surface area contributed by atoms with Gasteiger partial charge in [0.05, 0.1) is 5.69 Å². The maximum absolute atomic E-state index is 12.4. The zero-order valence-corrected chi connectivity index (χ0v) is 14.8. The van der Waals surface area contributed by atoms with Gasteiger partial charge in [-0.2, -0.15) is 15.3 Å². The molecule has 0 aliphatic heterocycles. The van der Waals surface area contributed by atoms with Crippen molar-refractivity contribution < 1.29 is 4.79 Å². The normalized spacial score (nSPS) is 10.9. The van der Waals surface area contributed by atoms with Gasteiger partial charge < -0.3 is 5.32 Å².